The Kier molecular flexibility index (Phi) is 5.04. The zero-order valence-corrected chi connectivity index (χ0v) is 13.5. The van der Waals surface area contributed by atoms with Crippen LogP contribution in [0.1, 0.15) is 20.3 Å². The minimum atomic E-state index is -0.211. The van der Waals surface area contributed by atoms with E-state index in [9.17, 15) is 4.79 Å². The van der Waals surface area contributed by atoms with Gasteiger partial charge in [-0.3, -0.25) is 0 Å². The Balaban J connectivity index is 1.93. The first-order valence-corrected chi connectivity index (χ1v) is 7.99. The fraction of sp³-hybridized carbons (Fsp3) is 0.667. The van der Waals surface area contributed by atoms with Crippen LogP contribution in [0.4, 0.5) is 9.93 Å². The van der Waals surface area contributed by atoms with Crippen molar-refractivity contribution >= 4 is 38.5 Å². The second-order valence-electron chi connectivity index (χ2n) is 4.71. The second-order valence-corrected chi connectivity index (χ2v) is 7.10. The second kappa shape index (κ2) is 6.56. The van der Waals surface area contributed by atoms with E-state index in [1.807, 2.05) is 20.0 Å². The van der Waals surface area contributed by atoms with E-state index >= 15 is 0 Å². The minimum absolute atomic E-state index is 0.0678. The van der Waals surface area contributed by atoms with Crippen LogP contribution in [0.5, 0.6) is 0 Å². The van der Waals surface area contributed by atoms with Gasteiger partial charge in [-0.05, 0) is 36.2 Å². The number of halogens is 1. The highest BCUT2D eigenvalue weighted by atomic mass is 79.9. The Hall–Kier alpha value is -0.820. The number of thiazole rings is 1. The zero-order chi connectivity index (χ0) is 13.8. The quantitative estimate of drug-likeness (QED) is 0.824. The fourth-order valence-electron chi connectivity index (χ4n) is 1.96. The third kappa shape index (κ3) is 4.07. The number of ether oxygens (including phenoxy) is 1. The summed E-state index contributed by atoms with van der Waals surface area (Å²) in [5.41, 5.74) is 0. The lowest BCUT2D eigenvalue weighted by Gasteiger charge is -2.22. The van der Waals surface area contributed by atoms with Gasteiger partial charge in [0.25, 0.3) is 0 Å². The maximum atomic E-state index is 11.9. The number of aromatic nitrogens is 1. The molecule has 0 radical (unpaired) electrons. The first kappa shape index (κ1) is 14.6. The molecule has 1 aliphatic rings. The Bertz CT molecular complexity index is 438. The molecule has 0 aliphatic carbocycles. The third-order valence-corrected chi connectivity index (χ3v) is 4.36. The molecule has 19 heavy (non-hydrogen) atoms. The average Bonchev–Trinajstić information content (AvgIpc) is 2.64. The van der Waals surface area contributed by atoms with E-state index in [2.05, 4.69) is 25.8 Å². The molecule has 2 heterocycles. The summed E-state index contributed by atoms with van der Waals surface area (Å²) in [5, 5.41) is 1.01. The summed E-state index contributed by atoms with van der Waals surface area (Å²) in [4.78, 5) is 20.2. The van der Waals surface area contributed by atoms with E-state index in [0.29, 0.717) is 6.54 Å². The standard InChI is InChI=1S/C12H18BrN3O2S/c1-9(2)18-12(17)16-5-3-4-15(6-7-16)11-14-8-10(13)19-11/h8-9H,3-7H2,1-2H3. The van der Waals surface area contributed by atoms with Crippen LogP contribution in [0.2, 0.25) is 0 Å². The lowest BCUT2D eigenvalue weighted by molar-refractivity contribution is 0.0788. The number of carbonyl (C=O) groups excluding carboxylic acids is 1. The van der Waals surface area contributed by atoms with Gasteiger partial charge < -0.3 is 14.5 Å². The molecule has 106 valence electrons. The van der Waals surface area contributed by atoms with Gasteiger partial charge in [-0.25, -0.2) is 9.78 Å². The molecule has 1 amide bonds. The van der Waals surface area contributed by atoms with Crippen molar-refractivity contribution < 1.29 is 9.53 Å². The van der Waals surface area contributed by atoms with Gasteiger partial charge in [0.2, 0.25) is 0 Å². The molecular formula is C12H18BrN3O2S. The monoisotopic (exact) mass is 347 g/mol. The molecule has 2 rings (SSSR count). The maximum absolute atomic E-state index is 11.9. The number of rotatable bonds is 2. The summed E-state index contributed by atoms with van der Waals surface area (Å²) in [7, 11) is 0. The van der Waals surface area contributed by atoms with Crippen molar-refractivity contribution in [2.75, 3.05) is 31.1 Å². The summed E-state index contributed by atoms with van der Waals surface area (Å²) < 4.78 is 6.27. The molecule has 0 aromatic carbocycles. The van der Waals surface area contributed by atoms with E-state index in [1.165, 1.54) is 0 Å². The van der Waals surface area contributed by atoms with Gasteiger partial charge in [0.1, 0.15) is 0 Å². The largest absolute Gasteiger partial charge is 0.447 e. The van der Waals surface area contributed by atoms with Crippen LogP contribution in [-0.4, -0.2) is 48.3 Å². The molecule has 0 atom stereocenters. The molecular weight excluding hydrogens is 330 g/mol. The summed E-state index contributed by atoms with van der Waals surface area (Å²) in [6, 6.07) is 0. The molecule has 0 unspecified atom stereocenters. The topological polar surface area (TPSA) is 45.7 Å². The van der Waals surface area contributed by atoms with Crippen LogP contribution in [0.25, 0.3) is 0 Å². The van der Waals surface area contributed by atoms with Gasteiger partial charge in [0, 0.05) is 26.2 Å². The first-order valence-electron chi connectivity index (χ1n) is 6.38. The summed E-state index contributed by atoms with van der Waals surface area (Å²) in [6.07, 6.45) is 2.47. The predicted octanol–water partition coefficient (Wildman–Crippen LogP) is 2.96. The fourth-order valence-corrected chi connectivity index (χ4v) is 3.19. The van der Waals surface area contributed by atoms with Gasteiger partial charge in [-0.1, -0.05) is 11.3 Å². The third-order valence-electron chi connectivity index (χ3n) is 2.83. The SMILES string of the molecule is CC(C)OC(=O)N1CCCN(c2ncc(Br)s2)CC1. The molecule has 0 N–H and O–H groups in total. The van der Waals surface area contributed by atoms with Gasteiger partial charge in [-0.15, -0.1) is 0 Å². The highest BCUT2D eigenvalue weighted by Crippen LogP contribution is 2.27. The number of hydrogen-bond donors (Lipinski definition) is 0. The normalized spacial score (nSPS) is 16.6. The predicted molar refractivity (Wildman–Crippen MR) is 79.8 cm³/mol. The van der Waals surface area contributed by atoms with Crippen molar-refractivity contribution in [1.29, 1.82) is 0 Å². The number of hydrogen-bond acceptors (Lipinski definition) is 5. The Morgan fingerprint density at radius 2 is 2.21 bits per heavy atom. The van der Waals surface area contributed by atoms with Gasteiger partial charge >= 0.3 is 6.09 Å². The Labute approximate surface area is 125 Å². The van der Waals surface area contributed by atoms with Gasteiger partial charge in [-0.2, -0.15) is 0 Å². The van der Waals surface area contributed by atoms with E-state index in [0.717, 1.165) is 35.0 Å². The highest BCUT2D eigenvalue weighted by Gasteiger charge is 2.22. The van der Waals surface area contributed by atoms with Crippen LogP contribution < -0.4 is 4.90 Å². The maximum Gasteiger partial charge on any atom is 0.410 e. The minimum Gasteiger partial charge on any atom is -0.447 e. The zero-order valence-electron chi connectivity index (χ0n) is 11.1. The van der Waals surface area contributed by atoms with Crippen LogP contribution in [0.3, 0.4) is 0 Å². The first-order chi connectivity index (χ1) is 9.06. The average molecular weight is 348 g/mol. The number of carbonyl (C=O) groups is 1. The van der Waals surface area contributed by atoms with Crippen molar-refractivity contribution in [3.63, 3.8) is 0 Å². The Morgan fingerprint density at radius 1 is 1.42 bits per heavy atom. The number of anilines is 1. The van der Waals surface area contributed by atoms with Crippen molar-refractivity contribution in [3.05, 3.63) is 9.98 Å². The van der Waals surface area contributed by atoms with Crippen molar-refractivity contribution in [1.82, 2.24) is 9.88 Å². The van der Waals surface area contributed by atoms with Crippen LogP contribution in [0.15, 0.2) is 9.98 Å². The van der Waals surface area contributed by atoms with Crippen molar-refractivity contribution in [3.8, 4) is 0 Å². The molecule has 1 aromatic heterocycles. The van der Waals surface area contributed by atoms with Crippen molar-refractivity contribution in [2.45, 2.75) is 26.4 Å². The van der Waals surface area contributed by atoms with E-state index in [-0.39, 0.29) is 12.2 Å². The molecule has 1 fully saturated rings. The summed E-state index contributed by atoms with van der Waals surface area (Å²) >= 11 is 5.05. The number of nitrogens with zero attached hydrogens (tertiary/aromatic N) is 3. The molecule has 7 heteroatoms. The van der Waals surface area contributed by atoms with E-state index < -0.39 is 0 Å². The Morgan fingerprint density at radius 3 is 2.84 bits per heavy atom. The van der Waals surface area contributed by atoms with E-state index in [1.54, 1.807) is 16.2 Å². The highest BCUT2D eigenvalue weighted by molar-refractivity contribution is 9.11. The van der Waals surface area contributed by atoms with Crippen molar-refractivity contribution in [2.24, 2.45) is 0 Å². The summed E-state index contributed by atoms with van der Waals surface area (Å²) in [6.45, 7) is 6.89. The van der Waals surface area contributed by atoms with Gasteiger partial charge in [0.15, 0.2) is 5.13 Å². The van der Waals surface area contributed by atoms with Crippen LogP contribution in [0, 0.1) is 0 Å². The summed E-state index contributed by atoms with van der Waals surface area (Å²) in [5.74, 6) is 0. The van der Waals surface area contributed by atoms with Gasteiger partial charge in [0.05, 0.1) is 16.1 Å². The molecule has 0 spiro atoms. The van der Waals surface area contributed by atoms with Crippen LogP contribution >= 0.6 is 27.3 Å². The smallest absolute Gasteiger partial charge is 0.410 e. The lowest BCUT2D eigenvalue weighted by atomic mass is 10.4. The molecule has 0 saturated carbocycles. The molecule has 1 aromatic rings. The number of amides is 1. The molecule has 1 saturated heterocycles. The van der Waals surface area contributed by atoms with E-state index in [4.69, 9.17) is 4.74 Å². The van der Waals surface area contributed by atoms with Crippen LogP contribution in [-0.2, 0) is 4.74 Å². The molecule has 1 aliphatic heterocycles. The lowest BCUT2D eigenvalue weighted by Crippen LogP contribution is -2.36. The molecule has 5 nitrogen and oxygen atoms in total. The molecule has 0 bridgehead atoms.